The highest BCUT2D eigenvalue weighted by atomic mass is 79.9. The number of fused-ring (bicyclic) bond motifs is 1. The third-order valence-electron chi connectivity index (χ3n) is 3.73. The first-order chi connectivity index (χ1) is 9.15. The van der Waals surface area contributed by atoms with Crippen LogP contribution in [0.25, 0.3) is 0 Å². The van der Waals surface area contributed by atoms with E-state index in [0.717, 1.165) is 12.8 Å². The lowest BCUT2D eigenvalue weighted by molar-refractivity contribution is 0.555. The number of hydrogen-bond acceptors (Lipinski definition) is 0. The zero-order valence-electron chi connectivity index (χ0n) is 10.2. The van der Waals surface area contributed by atoms with Gasteiger partial charge < -0.3 is 0 Å². The van der Waals surface area contributed by atoms with Gasteiger partial charge in [-0.1, -0.05) is 69.5 Å². The van der Waals surface area contributed by atoms with Gasteiger partial charge >= 0.3 is 0 Å². The van der Waals surface area contributed by atoms with Crippen molar-refractivity contribution in [2.75, 3.05) is 0 Å². The molecule has 0 saturated carbocycles. The summed E-state index contributed by atoms with van der Waals surface area (Å²) in [5.41, 5.74) is 4.12. The lowest BCUT2D eigenvalue weighted by Crippen LogP contribution is -2.06. The summed E-state index contributed by atoms with van der Waals surface area (Å²) in [5.74, 6) is 0.578. The third-order valence-corrected chi connectivity index (χ3v) is 5.71. The summed E-state index contributed by atoms with van der Waals surface area (Å²) in [7, 11) is 0. The summed E-state index contributed by atoms with van der Waals surface area (Å²) in [4.78, 5) is 0.429. The minimum Gasteiger partial charge on any atom is -0.0835 e. The highest BCUT2D eigenvalue weighted by Gasteiger charge is 2.30. The lowest BCUT2D eigenvalue weighted by atomic mass is 9.96. The van der Waals surface area contributed by atoms with Crippen molar-refractivity contribution >= 4 is 39.1 Å². The third kappa shape index (κ3) is 2.69. The van der Waals surface area contributed by atoms with Gasteiger partial charge in [0.25, 0.3) is 0 Å². The summed E-state index contributed by atoms with van der Waals surface area (Å²) < 4.78 is 0. The Hall–Kier alpha value is -0.500. The van der Waals surface area contributed by atoms with Crippen molar-refractivity contribution in [3.8, 4) is 0 Å². The van der Waals surface area contributed by atoms with Crippen LogP contribution in [0.2, 0.25) is 10.0 Å². The molecular weight excluding hydrogens is 343 g/mol. The predicted molar refractivity (Wildman–Crippen MR) is 85.5 cm³/mol. The molecule has 3 heteroatoms. The molecule has 3 rings (SSSR count). The maximum absolute atomic E-state index is 6.08. The fraction of sp³-hybridized carbons (Fsp3) is 0.250. The summed E-state index contributed by atoms with van der Waals surface area (Å²) in [6.07, 6.45) is 2.13. The zero-order chi connectivity index (χ0) is 13.4. The smallest absolute Gasteiger partial charge is 0.0595 e. The molecule has 0 bridgehead atoms. The van der Waals surface area contributed by atoms with Gasteiger partial charge in [0.1, 0.15) is 0 Å². The fourth-order valence-electron chi connectivity index (χ4n) is 2.77. The van der Waals surface area contributed by atoms with Crippen molar-refractivity contribution in [1.29, 1.82) is 0 Å². The van der Waals surface area contributed by atoms with Gasteiger partial charge in [0.2, 0.25) is 0 Å². The molecule has 0 aliphatic heterocycles. The monoisotopic (exact) mass is 354 g/mol. The second-order valence-corrected chi connectivity index (χ2v) is 6.82. The number of hydrogen-bond donors (Lipinski definition) is 0. The van der Waals surface area contributed by atoms with Gasteiger partial charge in [-0.2, -0.15) is 0 Å². The van der Waals surface area contributed by atoms with E-state index in [9.17, 15) is 0 Å². The van der Waals surface area contributed by atoms with Crippen molar-refractivity contribution in [3.63, 3.8) is 0 Å². The topological polar surface area (TPSA) is 0 Å². The van der Waals surface area contributed by atoms with E-state index in [1.54, 1.807) is 0 Å². The molecule has 1 aliphatic carbocycles. The number of benzene rings is 2. The molecule has 0 heterocycles. The van der Waals surface area contributed by atoms with Crippen LogP contribution in [-0.4, -0.2) is 0 Å². The minimum absolute atomic E-state index is 0.429. The van der Waals surface area contributed by atoms with E-state index in [4.69, 9.17) is 23.2 Å². The Kier molecular flexibility index (Phi) is 3.88. The molecule has 2 aromatic carbocycles. The normalized spacial score (nSPS) is 21.4. The number of rotatable bonds is 2. The zero-order valence-corrected chi connectivity index (χ0v) is 13.3. The SMILES string of the molecule is Clc1ccc(CC2Cc3ccccc3C2Br)cc1Cl. The maximum Gasteiger partial charge on any atom is 0.0595 e. The standard InChI is InChI=1S/C16H13BrCl2/c17-16-12(9-11-3-1-2-4-13(11)16)7-10-5-6-14(18)15(19)8-10/h1-6,8,12,16H,7,9H2. The molecule has 2 unspecified atom stereocenters. The quantitative estimate of drug-likeness (QED) is 0.593. The number of halogens is 3. The van der Waals surface area contributed by atoms with Crippen LogP contribution in [0, 0.1) is 5.92 Å². The molecule has 2 aromatic rings. The largest absolute Gasteiger partial charge is 0.0835 e. The minimum atomic E-state index is 0.429. The van der Waals surface area contributed by atoms with Gasteiger partial charge in [-0.25, -0.2) is 0 Å². The first kappa shape index (κ1) is 13.5. The Bertz CT molecular complexity index is 609. The Morgan fingerprint density at radius 1 is 1.05 bits per heavy atom. The van der Waals surface area contributed by atoms with Crippen LogP contribution in [-0.2, 0) is 12.8 Å². The summed E-state index contributed by atoms with van der Waals surface area (Å²) in [5, 5.41) is 1.26. The van der Waals surface area contributed by atoms with Crippen LogP contribution in [0.3, 0.4) is 0 Å². The molecule has 0 amide bonds. The number of alkyl halides is 1. The van der Waals surface area contributed by atoms with Gasteiger partial charge in [-0.05, 0) is 47.6 Å². The summed E-state index contributed by atoms with van der Waals surface area (Å²) in [6, 6.07) is 14.6. The second-order valence-electron chi connectivity index (χ2n) is 5.02. The van der Waals surface area contributed by atoms with Crippen LogP contribution in [0.4, 0.5) is 0 Å². The Morgan fingerprint density at radius 3 is 2.58 bits per heavy atom. The maximum atomic E-state index is 6.08. The van der Waals surface area contributed by atoms with Crippen molar-refractivity contribution in [2.24, 2.45) is 5.92 Å². The van der Waals surface area contributed by atoms with E-state index >= 15 is 0 Å². The molecule has 1 aliphatic rings. The average molecular weight is 356 g/mol. The molecule has 0 nitrogen and oxygen atoms in total. The molecule has 0 aromatic heterocycles. The molecule has 2 atom stereocenters. The molecule has 0 saturated heterocycles. The van der Waals surface area contributed by atoms with Crippen molar-refractivity contribution in [2.45, 2.75) is 17.7 Å². The van der Waals surface area contributed by atoms with Crippen LogP contribution in [0.5, 0.6) is 0 Å². The van der Waals surface area contributed by atoms with Crippen LogP contribution >= 0.6 is 39.1 Å². The summed E-state index contributed by atoms with van der Waals surface area (Å²) >= 11 is 15.9. The highest BCUT2D eigenvalue weighted by Crippen LogP contribution is 2.43. The van der Waals surface area contributed by atoms with E-state index in [-0.39, 0.29) is 0 Å². The van der Waals surface area contributed by atoms with Crippen LogP contribution in [0.1, 0.15) is 21.5 Å². The van der Waals surface area contributed by atoms with E-state index in [1.807, 2.05) is 12.1 Å². The van der Waals surface area contributed by atoms with Crippen molar-refractivity contribution < 1.29 is 0 Å². The molecule has 0 N–H and O–H groups in total. The summed E-state index contributed by atoms with van der Waals surface area (Å²) in [6.45, 7) is 0. The Morgan fingerprint density at radius 2 is 1.84 bits per heavy atom. The van der Waals surface area contributed by atoms with Gasteiger partial charge in [0.05, 0.1) is 10.0 Å². The molecule has 19 heavy (non-hydrogen) atoms. The molecule has 0 radical (unpaired) electrons. The predicted octanol–water partition coefficient (Wildman–Crippen LogP) is 5.84. The highest BCUT2D eigenvalue weighted by molar-refractivity contribution is 9.09. The van der Waals surface area contributed by atoms with E-state index in [0.29, 0.717) is 20.8 Å². The van der Waals surface area contributed by atoms with Gasteiger partial charge in [-0.15, -0.1) is 0 Å². The van der Waals surface area contributed by atoms with Crippen LogP contribution < -0.4 is 0 Å². The first-order valence-corrected chi connectivity index (χ1v) is 7.98. The van der Waals surface area contributed by atoms with E-state index in [1.165, 1.54) is 16.7 Å². The van der Waals surface area contributed by atoms with E-state index < -0.39 is 0 Å². The first-order valence-electron chi connectivity index (χ1n) is 6.31. The molecule has 0 fully saturated rings. The Balaban J connectivity index is 1.80. The van der Waals surface area contributed by atoms with Gasteiger partial charge in [0.15, 0.2) is 0 Å². The lowest BCUT2D eigenvalue weighted by Gasteiger charge is -2.15. The molecule has 98 valence electrons. The van der Waals surface area contributed by atoms with Gasteiger partial charge in [0, 0.05) is 4.83 Å². The van der Waals surface area contributed by atoms with Crippen molar-refractivity contribution in [1.82, 2.24) is 0 Å². The average Bonchev–Trinajstić information content (AvgIpc) is 2.72. The second kappa shape index (κ2) is 5.47. The van der Waals surface area contributed by atoms with E-state index in [2.05, 4.69) is 46.3 Å². The van der Waals surface area contributed by atoms with Gasteiger partial charge in [-0.3, -0.25) is 0 Å². The van der Waals surface area contributed by atoms with Crippen molar-refractivity contribution in [3.05, 3.63) is 69.2 Å². The Labute approximate surface area is 131 Å². The molecule has 0 spiro atoms. The molecular formula is C16H13BrCl2. The van der Waals surface area contributed by atoms with Crippen LogP contribution in [0.15, 0.2) is 42.5 Å². The fourth-order valence-corrected chi connectivity index (χ4v) is 3.92.